The van der Waals surface area contributed by atoms with Gasteiger partial charge in [0.05, 0.1) is 5.69 Å². The third-order valence-corrected chi connectivity index (χ3v) is 3.15. The van der Waals surface area contributed by atoms with Crippen molar-refractivity contribution in [1.82, 2.24) is 4.98 Å². The normalized spacial score (nSPS) is 20.8. The molecule has 0 amide bonds. The summed E-state index contributed by atoms with van der Waals surface area (Å²) in [5, 5.41) is 7.55. The Bertz CT molecular complexity index is 388. The van der Waals surface area contributed by atoms with Gasteiger partial charge in [-0.05, 0) is 38.3 Å². The maximum absolute atomic E-state index is 7.55. The number of hydrogen-bond acceptors (Lipinski definition) is 3. The van der Waals surface area contributed by atoms with E-state index in [2.05, 4.69) is 16.8 Å². The number of piperidine rings is 1. The largest absolute Gasteiger partial charge is 0.382 e. The molecule has 1 aliphatic heterocycles. The first kappa shape index (κ1) is 10.9. The van der Waals surface area contributed by atoms with Crippen LogP contribution in [0, 0.1) is 5.41 Å². The van der Waals surface area contributed by atoms with Crippen LogP contribution in [0.4, 0.5) is 5.69 Å². The number of nitrogen functional groups attached to an aromatic ring is 1. The summed E-state index contributed by atoms with van der Waals surface area (Å²) >= 11 is 0. The molecule has 0 saturated carbocycles. The van der Waals surface area contributed by atoms with Crippen LogP contribution in [0.15, 0.2) is 18.3 Å². The molecule has 1 saturated heterocycles. The van der Waals surface area contributed by atoms with Gasteiger partial charge in [-0.3, -0.25) is 10.4 Å². The predicted molar refractivity (Wildman–Crippen MR) is 65.9 cm³/mol. The molecule has 4 heteroatoms. The van der Waals surface area contributed by atoms with Crippen molar-refractivity contribution in [2.75, 3.05) is 11.4 Å². The quantitative estimate of drug-likeness (QED) is 0.587. The van der Waals surface area contributed by atoms with E-state index in [1.807, 2.05) is 12.1 Å². The smallest absolute Gasteiger partial charge is 0.143 e. The molecule has 0 aromatic carbocycles. The van der Waals surface area contributed by atoms with Gasteiger partial charge in [0, 0.05) is 18.8 Å². The average Bonchev–Trinajstić information content (AvgIpc) is 2.29. The van der Waals surface area contributed by atoms with Gasteiger partial charge in [-0.15, -0.1) is 0 Å². The summed E-state index contributed by atoms with van der Waals surface area (Å²) in [7, 11) is 0. The zero-order valence-corrected chi connectivity index (χ0v) is 9.61. The lowest BCUT2D eigenvalue weighted by Gasteiger charge is -2.36. The van der Waals surface area contributed by atoms with Crippen LogP contribution in [-0.4, -0.2) is 23.4 Å². The number of hydrogen-bond donors (Lipinski definition) is 2. The van der Waals surface area contributed by atoms with Crippen LogP contribution in [0.25, 0.3) is 0 Å². The van der Waals surface area contributed by atoms with Gasteiger partial charge >= 0.3 is 0 Å². The van der Waals surface area contributed by atoms with Crippen LogP contribution in [0.2, 0.25) is 0 Å². The lowest BCUT2D eigenvalue weighted by molar-refractivity contribution is 0.484. The molecule has 1 aliphatic rings. The first-order valence-corrected chi connectivity index (χ1v) is 5.76. The van der Waals surface area contributed by atoms with Crippen molar-refractivity contribution in [2.24, 2.45) is 5.73 Å². The maximum Gasteiger partial charge on any atom is 0.143 e. The summed E-state index contributed by atoms with van der Waals surface area (Å²) in [4.78, 5) is 6.51. The van der Waals surface area contributed by atoms with E-state index in [0.29, 0.717) is 11.7 Å². The minimum Gasteiger partial charge on any atom is -0.382 e. The molecule has 0 spiro atoms. The second-order valence-corrected chi connectivity index (χ2v) is 4.32. The van der Waals surface area contributed by atoms with Crippen LogP contribution >= 0.6 is 0 Å². The van der Waals surface area contributed by atoms with Gasteiger partial charge in [-0.2, -0.15) is 0 Å². The Hall–Kier alpha value is -1.58. The number of anilines is 1. The fourth-order valence-electron chi connectivity index (χ4n) is 2.29. The summed E-state index contributed by atoms with van der Waals surface area (Å²) in [6.45, 7) is 3.25. The highest BCUT2D eigenvalue weighted by Crippen LogP contribution is 2.26. The molecule has 2 heterocycles. The summed E-state index contributed by atoms with van der Waals surface area (Å²) in [6.07, 6.45) is 5.38. The lowest BCUT2D eigenvalue weighted by Crippen LogP contribution is -2.38. The van der Waals surface area contributed by atoms with Gasteiger partial charge in [0.25, 0.3) is 0 Å². The summed E-state index contributed by atoms with van der Waals surface area (Å²) in [6, 6.07) is 4.42. The molecule has 1 aromatic rings. The fourth-order valence-corrected chi connectivity index (χ4v) is 2.29. The van der Waals surface area contributed by atoms with E-state index in [1.165, 1.54) is 19.3 Å². The topological polar surface area (TPSA) is 66.0 Å². The number of pyridine rings is 1. The van der Waals surface area contributed by atoms with Gasteiger partial charge in [-0.25, -0.2) is 0 Å². The molecule has 1 unspecified atom stereocenters. The van der Waals surface area contributed by atoms with E-state index in [9.17, 15) is 0 Å². The highest BCUT2D eigenvalue weighted by Gasteiger charge is 2.21. The Morgan fingerprint density at radius 1 is 1.56 bits per heavy atom. The van der Waals surface area contributed by atoms with E-state index in [0.717, 1.165) is 12.2 Å². The average molecular weight is 218 g/mol. The van der Waals surface area contributed by atoms with Gasteiger partial charge in [0.2, 0.25) is 0 Å². The molecule has 86 valence electrons. The van der Waals surface area contributed by atoms with Crippen molar-refractivity contribution in [2.45, 2.75) is 32.2 Å². The second kappa shape index (κ2) is 4.51. The van der Waals surface area contributed by atoms with Crippen LogP contribution in [0.1, 0.15) is 31.9 Å². The number of nitrogens with one attached hydrogen (secondary N) is 1. The molecule has 3 N–H and O–H groups in total. The highest BCUT2D eigenvalue weighted by atomic mass is 15.2. The van der Waals surface area contributed by atoms with Crippen molar-refractivity contribution in [1.29, 1.82) is 5.41 Å². The van der Waals surface area contributed by atoms with E-state index in [-0.39, 0.29) is 5.84 Å². The van der Waals surface area contributed by atoms with Gasteiger partial charge in [0.15, 0.2) is 0 Å². The second-order valence-electron chi connectivity index (χ2n) is 4.32. The standard InChI is InChI=1S/C12H18N4/c1-9-5-2-3-8-16(9)10-6-4-7-15-11(10)12(13)14/h4,6-7,9H,2-3,5,8H2,1H3,(H3,13,14). The highest BCUT2D eigenvalue weighted by molar-refractivity contribution is 5.98. The van der Waals surface area contributed by atoms with Gasteiger partial charge in [-0.1, -0.05) is 0 Å². The zero-order valence-electron chi connectivity index (χ0n) is 9.61. The van der Waals surface area contributed by atoms with E-state index in [1.54, 1.807) is 6.20 Å². The van der Waals surface area contributed by atoms with E-state index >= 15 is 0 Å². The fraction of sp³-hybridized carbons (Fsp3) is 0.500. The first-order chi connectivity index (χ1) is 7.70. The SMILES string of the molecule is CC1CCCCN1c1cccnc1C(=N)N. The molecule has 0 bridgehead atoms. The van der Waals surface area contributed by atoms with Crippen molar-refractivity contribution in [3.63, 3.8) is 0 Å². The van der Waals surface area contributed by atoms with Crippen molar-refractivity contribution in [3.05, 3.63) is 24.0 Å². The molecular formula is C12H18N4. The molecule has 1 fully saturated rings. The maximum atomic E-state index is 7.55. The van der Waals surface area contributed by atoms with Crippen LogP contribution in [-0.2, 0) is 0 Å². The van der Waals surface area contributed by atoms with Crippen molar-refractivity contribution in [3.8, 4) is 0 Å². The van der Waals surface area contributed by atoms with Crippen molar-refractivity contribution < 1.29 is 0 Å². The Labute approximate surface area is 96.0 Å². The molecular weight excluding hydrogens is 200 g/mol. The van der Waals surface area contributed by atoms with Crippen molar-refractivity contribution >= 4 is 11.5 Å². The minimum absolute atomic E-state index is 0.0494. The summed E-state index contributed by atoms with van der Waals surface area (Å²) in [5.74, 6) is 0.0494. The number of aromatic nitrogens is 1. The number of rotatable bonds is 2. The third kappa shape index (κ3) is 2.01. The number of amidine groups is 1. The zero-order chi connectivity index (χ0) is 11.5. The Morgan fingerprint density at radius 2 is 2.38 bits per heavy atom. The van der Waals surface area contributed by atoms with Crippen LogP contribution in [0.5, 0.6) is 0 Å². The minimum atomic E-state index is 0.0494. The Kier molecular flexibility index (Phi) is 3.08. The summed E-state index contributed by atoms with van der Waals surface area (Å²) in [5.41, 5.74) is 7.17. The molecule has 0 radical (unpaired) electrons. The van der Waals surface area contributed by atoms with Crippen LogP contribution < -0.4 is 10.6 Å². The van der Waals surface area contributed by atoms with Gasteiger partial charge < -0.3 is 10.6 Å². The van der Waals surface area contributed by atoms with Crippen LogP contribution in [0.3, 0.4) is 0 Å². The predicted octanol–water partition coefficient (Wildman–Crippen LogP) is 1.74. The molecule has 16 heavy (non-hydrogen) atoms. The first-order valence-electron chi connectivity index (χ1n) is 5.76. The van der Waals surface area contributed by atoms with E-state index < -0.39 is 0 Å². The number of nitrogens with two attached hydrogens (primary N) is 1. The molecule has 4 nitrogen and oxygen atoms in total. The van der Waals surface area contributed by atoms with E-state index in [4.69, 9.17) is 11.1 Å². The lowest BCUT2D eigenvalue weighted by atomic mass is 10.0. The number of nitrogens with zero attached hydrogens (tertiary/aromatic N) is 2. The monoisotopic (exact) mass is 218 g/mol. The molecule has 1 atom stereocenters. The Morgan fingerprint density at radius 3 is 3.06 bits per heavy atom. The van der Waals surface area contributed by atoms with Gasteiger partial charge in [0.1, 0.15) is 11.5 Å². The molecule has 2 rings (SSSR count). The summed E-state index contributed by atoms with van der Waals surface area (Å²) < 4.78 is 0. The third-order valence-electron chi connectivity index (χ3n) is 3.15. The molecule has 1 aromatic heterocycles. The molecule has 0 aliphatic carbocycles. The Balaban J connectivity index is 2.34.